The van der Waals surface area contributed by atoms with Crippen LogP contribution in [0.5, 0.6) is 0 Å². The third kappa shape index (κ3) is 4.22. The maximum atomic E-state index is 12.4. The highest BCUT2D eigenvalue weighted by Gasteiger charge is 2.25. The van der Waals surface area contributed by atoms with Crippen molar-refractivity contribution in [2.45, 2.75) is 18.9 Å². The Morgan fingerprint density at radius 2 is 2.17 bits per heavy atom. The fourth-order valence-electron chi connectivity index (χ4n) is 2.90. The number of morpholine rings is 1. The standard InChI is InChI=1S/C16H21N3O3.ClH/c20-15(11-18-16(21)14-10-17-7-9-22-14)19-8-3-5-12-4-1-2-6-13(12)19;/h1-2,4,6,14,17H,3,5,7-11H2,(H,18,21);1H. The molecule has 1 atom stereocenters. The first-order valence-corrected chi connectivity index (χ1v) is 7.74. The summed E-state index contributed by atoms with van der Waals surface area (Å²) in [7, 11) is 0. The summed E-state index contributed by atoms with van der Waals surface area (Å²) in [6.45, 7) is 2.48. The van der Waals surface area contributed by atoms with Crippen LogP contribution in [0.3, 0.4) is 0 Å². The zero-order valence-corrected chi connectivity index (χ0v) is 13.7. The molecular weight excluding hydrogens is 318 g/mol. The summed E-state index contributed by atoms with van der Waals surface area (Å²) >= 11 is 0. The van der Waals surface area contributed by atoms with Crippen LogP contribution in [0.2, 0.25) is 0 Å². The molecular formula is C16H22ClN3O3. The third-order valence-corrected chi connectivity index (χ3v) is 4.05. The summed E-state index contributed by atoms with van der Waals surface area (Å²) in [6, 6.07) is 7.93. The van der Waals surface area contributed by atoms with E-state index in [9.17, 15) is 9.59 Å². The number of amides is 2. The van der Waals surface area contributed by atoms with Gasteiger partial charge in [0.05, 0.1) is 13.2 Å². The molecule has 0 spiro atoms. The summed E-state index contributed by atoms with van der Waals surface area (Å²) < 4.78 is 5.37. The van der Waals surface area contributed by atoms with Crippen molar-refractivity contribution in [2.24, 2.45) is 0 Å². The number of carbonyl (C=O) groups excluding carboxylic acids is 2. The topological polar surface area (TPSA) is 70.7 Å². The maximum Gasteiger partial charge on any atom is 0.250 e. The summed E-state index contributed by atoms with van der Waals surface area (Å²) in [4.78, 5) is 26.1. The first-order valence-electron chi connectivity index (χ1n) is 7.74. The number of hydrogen-bond donors (Lipinski definition) is 2. The van der Waals surface area contributed by atoms with Gasteiger partial charge in [0.25, 0.3) is 5.91 Å². The van der Waals surface area contributed by atoms with Crippen LogP contribution >= 0.6 is 12.4 Å². The molecule has 1 saturated heterocycles. The van der Waals surface area contributed by atoms with Crippen molar-refractivity contribution >= 4 is 29.9 Å². The van der Waals surface area contributed by atoms with Crippen LogP contribution < -0.4 is 15.5 Å². The summed E-state index contributed by atoms with van der Waals surface area (Å²) in [6.07, 6.45) is 1.44. The van der Waals surface area contributed by atoms with Gasteiger partial charge in [-0.15, -0.1) is 12.4 Å². The van der Waals surface area contributed by atoms with E-state index in [1.54, 1.807) is 4.90 Å². The lowest BCUT2D eigenvalue weighted by Gasteiger charge is -2.30. The minimum absolute atomic E-state index is 0. The van der Waals surface area contributed by atoms with E-state index in [0.717, 1.165) is 25.1 Å². The van der Waals surface area contributed by atoms with E-state index in [-0.39, 0.29) is 30.8 Å². The number of benzene rings is 1. The Morgan fingerprint density at radius 3 is 2.96 bits per heavy atom. The van der Waals surface area contributed by atoms with Gasteiger partial charge in [-0.3, -0.25) is 9.59 Å². The molecule has 2 N–H and O–H groups in total. The molecule has 1 aromatic carbocycles. The largest absolute Gasteiger partial charge is 0.366 e. The second kappa shape index (κ2) is 8.29. The van der Waals surface area contributed by atoms with E-state index in [1.165, 1.54) is 5.56 Å². The molecule has 1 aromatic rings. The molecule has 0 saturated carbocycles. The second-order valence-electron chi connectivity index (χ2n) is 5.56. The predicted molar refractivity (Wildman–Crippen MR) is 90.0 cm³/mol. The van der Waals surface area contributed by atoms with Crippen molar-refractivity contribution in [3.63, 3.8) is 0 Å². The van der Waals surface area contributed by atoms with E-state index in [2.05, 4.69) is 16.7 Å². The Labute approximate surface area is 142 Å². The van der Waals surface area contributed by atoms with Gasteiger partial charge in [0, 0.05) is 25.3 Å². The molecule has 0 radical (unpaired) electrons. The number of ether oxygens (including phenoxy) is 1. The average Bonchev–Trinajstić information content (AvgIpc) is 2.59. The van der Waals surface area contributed by atoms with Crippen molar-refractivity contribution in [2.75, 3.05) is 37.7 Å². The molecule has 2 amide bonds. The molecule has 7 heteroatoms. The van der Waals surface area contributed by atoms with Crippen LogP contribution in [0.15, 0.2) is 24.3 Å². The Bertz CT molecular complexity index is 561. The number of nitrogens with zero attached hydrogens (tertiary/aromatic N) is 1. The lowest BCUT2D eigenvalue weighted by molar-refractivity contribution is -0.135. The van der Waals surface area contributed by atoms with Gasteiger partial charge >= 0.3 is 0 Å². The van der Waals surface area contributed by atoms with Gasteiger partial charge in [0.1, 0.15) is 6.10 Å². The molecule has 6 nitrogen and oxygen atoms in total. The molecule has 0 aromatic heterocycles. The third-order valence-electron chi connectivity index (χ3n) is 4.05. The van der Waals surface area contributed by atoms with Crippen molar-refractivity contribution in [3.8, 4) is 0 Å². The van der Waals surface area contributed by atoms with Gasteiger partial charge in [0.2, 0.25) is 5.91 Å². The summed E-state index contributed by atoms with van der Waals surface area (Å²) in [5, 5.41) is 5.78. The molecule has 1 unspecified atom stereocenters. The minimum atomic E-state index is -0.504. The number of aryl methyl sites for hydroxylation is 1. The number of para-hydroxylation sites is 1. The first-order chi connectivity index (χ1) is 10.8. The van der Waals surface area contributed by atoms with Gasteiger partial charge in [-0.2, -0.15) is 0 Å². The molecule has 3 rings (SSSR count). The quantitative estimate of drug-likeness (QED) is 0.841. The summed E-state index contributed by atoms with van der Waals surface area (Å²) in [5.74, 6) is -0.310. The van der Waals surface area contributed by atoms with Crippen LogP contribution in [0, 0.1) is 0 Å². The predicted octanol–water partition coefficient (Wildman–Crippen LogP) is 0.492. The lowest BCUT2D eigenvalue weighted by atomic mass is 10.0. The number of nitrogens with one attached hydrogen (secondary N) is 2. The van der Waals surface area contributed by atoms with Crippen molar-refractivity contribution in [3.05, 3.63) is 29.8 Å². The van der Waals surface area contributed by atoms with Gasteiger partial charge in [-0.05, 0) is 24.5 Å². The molecule has 1 fully saturated rings. The molecule has 0 aliphatic carbocycles. The van der Waals surface area contributed by atoms with E-state index >= 15 is 0 Å². The van der Waals surface area contributed by atoms with Crippen LogP contribution in [-0.2, 0) is 20.7 Å². The minimum Gasteiger partial charge on any atom is -0.366 e. The van der Waals surface area contributed by atoms with Gasteiger partial charge in [-0.25, -0.2) is 0 Å². The fraction of sp³-hybridized carbons (Fsp3) is 0.500. The smallest absolute Gasteiger partial charge is 0.250 e. The monoisotopic (exact) mass is 339 g/mol. The number of fused-ring (bicyclic) bond motifs is 1. The molecule has 2 aliphatic rings. The molecule has 0 bridgehead atoms. The van der Waals surface area contributed by atoms with E-state index < -0.39 is 6.10 Å². The number of hydrogen-bond acceptors (Lipinski definition) is 4. The zero-order chi connectivity index (χ0) is 15.4. The highest BCUT2D eigenvalue weighted by atomic mass is 35.5. The molecule has 126 valence electrons. The molecule has 23 heavy (non-hydrogen) atoms. The van der Waals surface area contributed by atoms with Crippen LogP contribution in [0.25, 0.3) is 0 Å². The Hall–Kier alpha value is -1.63. The Kier molecular flexibility index (Phi) is 6.38. The maximum absolute atomic E-state index is 12.4. The Balaban J connectivity index is 0.00000192. The molecule has 2 aliphatic heterocycles. The van der Waals surface area contributed by atoms with Crippen molar-refractivity contribution in [1.82, 2.24) is 10.6 Å². The number of anilines is 1. The van der Waals surface area contributed by atoms with Crippen LogP contribution in [0.1, 0.15) is 12.0 Å². The number of carbonyl (C=O) groups is 2. The number of halogens is 1. The van der Waals surface area contributed by atoms with Crippen molar-refractivity contribution < 1.29 is 14.3 Å². The average molecular weight is 340 g/mol. The first kappa shape index (κ1) is 17.7. The van der Waals surface area contributed by atoms with Gasteiger partial charge < -0.3 is 20.3 Å². The van der Waals surface area contributed by atoms with Crippen molar-refractivity contribution in [1.29, 1.82) is 0 Å². The second-order valence-corrected chi connectivity index (χ2v) is 5.56. The van der Waals surface area contributed by atoms with Crippen LogP contribution in [-0.4, -0.2) is 50.7 Å². The SMILES string of the molecule is Cl.O=C(NCC(=O)N1CCCc2ccccc21)C1CNCCO1. The highest BCUT2D eigenvalue weighted by molar-refractivity contribution is 5.98. The summed E-state index contributed by atoms with van der Waals surface area (Å²) in [5.41, 5.74) is 2.15. The Morgan fingerprint density at radius 1 is 1.35 bits per heavy atom. The lowest BCUT2D eigenvalue weighted by Crippen LogP contribution is -2.50. The fourth-order valence-corrected chi connectivity index (χ4v) is 2.90. The van der Waals surface area contributed by atoms with E-state index in [0.29, 0.717) is 19.7 Å². The van der Waals surface area contributed by atoms with Crippen LogP contribution in [0.4, 0.5) is 5.69 Å². The highest BCUT2D eigenvalue weighted by Crippen LogP contribution is 2.26. The normalized spacial score (nSPS) is 20.2. The molecule has 2 heterocycles. The van der Waals surface area contributed by atoms with E-state index in [1.807, 2.05) is 18.2 Å². The van der Waals surface area contributed by atoms with Gasteiger partial charge in [-0.1, -0.05) is 18.2 Å². The zero-order valence-electron chi connectivity index (χ0n) is 12.9. The van der Waals surface area contributed by atoms with Gasteiger partial charge in [0.15, 0.2) is 0 Å². The number of rotatable bonds is 3. The van der Waals surface area contributed by atoms with E-state index in [4.69, 9.17) is 4.74 Å².